The SMILES string of the molecule is OC1CCCC1CNC1CCOc2ccc(Br)cc21. The van der Waals surface area contributed by atoms with Crippen molar-refractivity contribution in [2.45, 2.75) is 37.8 Å². The van der Waals surface area contributed by atoms with Crippen molar-refractivity contribution in [2.75, 3.05) is 13.2 Å². The molecule has 104 valence electrons. The molecule has 19 heavy (non-hydrogen) atoms. The number of nitrogens with one attached hydrogen (secondary N) is 1. The molecular weight excluding hydrogens is 306 g/mol. The van der Waals surface area contributed by atoms with E-state index >= 15 is 0 Å². The van der Waals surface area contributed by atoms with Gasteiger partial charge in [-0.3, -0.25) is 0 Å². The van der Waals surface area contributed by atoms with Gasteiger partial charge in [0.25, 0.3) is 0 Å². The zero-order valence-electron chi connectivity index (χ0n) is 10.9. The van der Waals surface area contributed by atoms with Crippen molar-refractivity contribution in [1.29, 1.82) is 0 Å². The second kappa shape index (κ2) is 5.81. The molecule has 1 aromatic rings. The van der Waals surface area contributed by atoms with E-state index in [-0.39, 0.29) is 6.10 Å². The number of halogens is 1. The fourth-order valence-corrected chi connectivity index (χ4v) is 3.51. The number of hydrogen-bond acceptors (Lipinski definition) is 3. The van der Waals surface area contributed by atoms with Crippen LogP contribution in [0.2, 0.25) is 0 Å². The minimum Gasteiger partial charge on any atom is -0.493 e. The monoisotopic (exact) mass is 325 g/mol. The quantitative estimate of drug-likeness (QED) is 0.897. The molecule has 0 radical (unpaired) electrons. The first kappa shape index (κ1) is 13.4. The van der Waals surface area contributed by atoms with Crippen LogP contribution in [0.5, 0.6) is 5.75 Å². The summed E-state index contributed by atoms with van der Waals surface area (Å²) in [6, 6.07) is 6.52. The predicted octanol–water partition coefficient (Wildman–Crippen LogP) is 3.02. The van der Waals surface area contributed by atoms with Gasteiger partial charge in [-0.25, -0.2) is 0 Å². The Balaban J connectivity index is 1.67. The maximum atomic E-state index is 9.89. The van der Waals surface area contributed by atoms with Gasteiger partial charge in [0.1, 0.15) is 5.75 Å². The van der Waals surface area contributed by atoms with Crippen LogP contribution in [-0.2, 0) is 0 Å². The second-order valence-corrected chi connectivity index (χ2v) is 6.45. The third-order valence-corrected chi connectivity index (χ3v) is 4.75. The summed E-state index contributed by atoms with van der Waals surface area (Å²) >= 11 is 3.52. The Hall–Kier alpha value is -0.580. The van der Waals surface area contributed by atoms with Crippen molar-refractivity contribution < 1.29 is 9.84 Å². The number of aliphatic hydroxyl groups is 1. The summed E-state index contributed by atoms with van der Waals surface area (Å²) in [5.74, 6) is 1.40. The van der Waals surface area contributed by atoms with E-state index in [0.717, 1.165) is 49.1 Å². The van der Waals surface area contributed by atoms with Crippen LogP contribution in [0.1, 0.15) is 37.3 Å². The summed E-state index contributed by atoms with van der Waals surface area (Å²) in [6.07, 6.45) is 4.13. The van der Waals surface area contributed by atoms with Gasteiger partial charge in [-0.1, -0.05) is 22.4 Å². The van der Waals surface area contributed by atoms with Crippen molar-refractivity contribution >= 4 is 15.9 Å². The first-order chi connectivity index (χ1) is 9.24. The van der Waals surface area contributed by atoms with Crippen molar-refractivity contribution in [1.82, 2.24) is 5.32 Å². The first-order valence-electron chi connectivity index (χ1n) is 7.08. The van der Waals surface area contributed by atoms with E-state index in [9.17, 15) is 5.11 Å². The molecule has 1 aliphatic heterocycles. The van der Waals surface area contributed by atoms with Gasteiger partial charge in [-0.15, -0.1) is 0 Å². The smallest absolute Gasteiger partial charge is 0.124 e. The molecule has 1 aromatic carbocycles. The van der Waals surface area contributed by atoms with Gasteiger partial charge in [0.15, 0.2) is 0 Å². The van der Waals surface area contributed by atoms with Crippen molar-refractivity contribution in [3.05, 3.63) is 28.2 Å². The Kier molecular flexibility index (Phi) is 4.10. The molecule has 3 rings (SSSR count). The molecule has 3 atom stereocenters. The van der Waals surface area contributed by atoms with Gasteiger partial charge < -0.3 is 15.2 Å². The van der Waals surface area contributed by atoms with Crippen LogP contribution < -0.4 is 10.1 Å². The molecule has 4 heteroatoms. The maximum Gasteiger partial charge on any atom is 0.124 e. The van der Waals surface area contributed by atoms with Gasteiger partial charge in [0.05, 0.1) is 12.7 Å². The molecule has 3 unspecified atom stereocenters. The molecule has 0 spiro atoms. The third kappa shape index (κ3) is 2.96. The van der Waals surface area contributed by atoms with Gasteiger partial charge in [0, 0.05) is 29.0 Å². The van der Waals surface area contributed by atoms with Crippen molar-refractivity contribution in [2.24, 2.45) is 5.92 Å². The van der Waals surface area contributed by atoms with E-state index in [1.54, 1.807) is 0 Å². The second-order valence-electron chi connectivity index (χ2n) is 5.54. The van der Waals surface area contributed by atoms with E-state index in [2.05, 4.69) is 27.3 Å². The molecule has 1 saturated carbocycles. The number of aliphatic hydroxyl groups excluding tert-OH is 1. The molecule has 2 N–H and O–H groups in total. The van der Waals surface area contributed by atoms with Crippen LogP contribution in [0.15, 0.2) is 22.7 Å². The molecular formula is C15H20BrNO2. The highest BCUT2D eigenvalue weighted by Gasteiger charge is 2.27. The largest absolute Gasteiger partial charge is 0.493 e. The summed E-state index contributed by atoms with van der Waals surface area (Å²) in [5, 5.41) is 13.5. The van der Waals surface area contributed by atoms with E-state index < -0.39 is 0 Å². The Morgan fingerprint density at radius 2 is 2.21 bits per heavy atom. The Morgan fingerprint density at radius 3 is 3.00 bits per heavy atom. The highest BCUT2D eigenvalue weighted by Crippen LogP contribution is 2.34. The summed E-state index contributed by atoms with van der Waals surface area (Å²) < 4.78 is 6.78. The van der Waals surface area contributed by atoms with E-state index in [1.165, 1.54) is 5.56 Å². The lowest BCUT2D eigenvalue weighted by Gasteiger charge is -2.28. The number of ether oxygens (including phenoxy) is 1. The van der Waals surface area contributed by atoms with Gasteiger partial charge in [-0.2, -0.15) is 0 Å². The highest BCUT2D eigenvalue weighted by atomic mass is 79.9. The average Bonchev–Trinajstić information content (AvgIpc) is 2.82. The molecule has 3 nitrogen and oxygen atoms in total. The summed E-state index contributed by atoms with van der Waals surface area (Å²) in [7, 11) is 0. The van der Waals surface area contributed by atoms with E-state index in [4.69, 9.17) is 4.74 Å². The lowest BCUT2D eigenvalue weighted by atomic mass is 9.99. The van der Waals surface area contributed by atoms with Crippen molar-refractivity contribution in [3.8, 4) is 5.75 Å². The molecule has 0 saturated heterocycles. The summed E-state index contributed by atoms with van der Waals surface area (Å²) in [5.41, 5.74) is 1.23. The van der Waals surface area contributed by atoms with E-state index in [0.29, 0.717) is 12.0 Å². The fraction of sp³-hybridized carbons (Fsp3) is 0.600. The average molecular weight is 326 g/mol. The van der Waals surface area contributed by atoms with Crippen LogP contribution >= 0.6 is 15.9 Å². The minimum absolute atomic E-state index is 0.116. The van der Waals surface area contributed by atoms with E-state index in [1.807, 2.05) is 12.1 Å². The third-order valence-electron chi connectivity index (χ3n) is 4.26. The van der Waals surface area contributed by atoms with Crippen LogP contribution in [0.4, 0.5) is 0 Å². The Labute approximate surface area is 122 Å². The maximum absolute atomic E-state index is 9.89. The Bertz CT molecular complexity index is 452. The fourth-order valence-electron chi connectivity index (χ4n) is 3.13. The number of rotatable bonds is 3. The first-order valence-corrected chi connectivity index (χ1v) is 7.87. The molecule has 0 aromatic heterocycles. The molecule has 0 bridgehead atoms. The number of hydrogen-bond donors (Lipinski definition) is 2. The number of benzene rings is 1. The summed E-state index contributed by atoms with van der Waals surface area (Å²) in [4.78, 5) is 0. The van der Waals surface area contributed by atoms with Crippen LogP contribution in [0.25, 0.3) is 0 Å². The molecule has 1 heterocycles. The van der Waals surface area contributed by atoms with Gasteiger partial charge in [0.2, 0.25) is 0 Å². The standard InChI is InChI=1S/C15H20BrNO2/c16-11-4-5-15-12(8-11)13(6-7-19-15)17-9-10-2-1-3-14(10)18/h4-5,8,10,13-14,17-18H,1-3,6-7,9H2. The lowest BCUT2D eigenvalue weighted by molar-refractivity contribution is 0.128. The van der Waals surface area contributed by atoms with Crippen LogP contribution in [0, 0.1) is 5.92 Å². The minimum atomic E-state index is -0.116. The topological polar surface area (TPSA) is 41.5 Å². The molecule has 2 aliphatic rings. The highest BCUT2D eigenvalue weighted by molar-refractivity contribution is 9.10. The zero-order chi connectivity index (χ0) is 13.2. The molecule has 1 fully saturated rings. The van der Waals surface area contributed by atoms with Gasteiger partial charge in [-0.05, 0) is 37.0 Å². The predicted molar refractivity (Wildman–Crippen MR) is 78.3 cm³/mol. The normalized spacial score (nSPS) is 29.9. The van der Waals surface area contributed by atoms with Crippen LogP contribution in [-0.4, -0.2) is 24.4 Å². The lowest BCUT2D eigenvalue weighted by Crippen LogP contribution is -2.33. The van der Waals surface area contributed by atoms with Crippen molar-refractivity contribution in [3.63, 3.8) is 0 Å². The summed E-state index contributed by atoms with van der Waals surface area (Å²) in [6.45, 7) is 1.66. The molecule has 0 amide bonds. The zero-order valence-corrected chi connectivity index (χ0v) is 12.5. The molecule has 1 aliphatic carbocycles. The van der Waals surface area contributed by atoms with Crippen LogP contribution in [0.3, 0.4) is 0 Å². The Morgan fingerprint density at radius 1 is 1.32 bits per heavy atom. The van der Waals surface area contributed by atoms with Gasteiger partial charge >= 0.3 is 0 Å². The number of fused-ring (bicyclic) bond motifs is 1.